The molecule has 1 atom stereocenters. The Labute approximate surface area is 142 Å². The highest BCUT2D eigenvalue weighted by atomic mass is 19.1. The molecule has 2 heterocycles. The van der Waals surface area contributed by atoms with Crippen LogP contribution in [0.1, 0.15) is 24.0 Å². The number of aromatic nitrogens is 2. The van der Waals surface area contributed by atoms with Crippen molar-refractivity contribution in [2.45, 2.75) is 25.5 Å². The molecule has 1 aliphatic heterocycles. The van der Waals surface area contributed by atoms with Crippen LogP contribution in [0.4, 0.5) is 4.39 Å². The maximum Gasteiger partial charge on any atom is 0.331 e. The first-order valence-corrected chi connectivity index (χ1v) is 7.96. The lowest BCUT2D eigenvalue weighted by atomic mass is 10.2. The van der Waals surface area contributed by atoms with E-state index in [1.807, 2.05) is 0 Å². The molecule has 7 nitrogen and oxygen atoms in total. The second-order valence-electron chi connectivity index (χ2n) is 5.84. The van der Waals surface area contributed by atoms with Crippen molar-refractivity contribution in [1.82, 2.24) is 9.55 Å². The molecule has 0 spiro atoms. The highest BCUT2D eigenvalue weighted by Crippen LogP contribution is 2.14. The Bertz CT molecular complexity index is 880. The number of hydrogen-bond acceptors (Lipinski definition) is 5. The van der Waals surface area contributed by atoms with Crippen molar-refractivity contribution in [2.75, 3.05) is 13.2 Å². The predicted octanol–water partition coefficient (Wildman–Crippen LogP) is 1.03. The summed E-state index contributed by atoms with van der Waals surface area (Å²) in [6, 6.07) is 5.51. The Balaban J connectivity index is 1.86. The molecule has 1 aliphatic rings. The summed E-state index contributed by atoms with van der Waals surface area (Å²) in [5.74, 6) is -0.877. The molecule has 0 radical (unpaired) electrons. The first-order chi connectivity index (χ1) is 12.0. The molecule has 0 unspecified atom stereocenters. The van der Waals surface area contributed by atoms with Crippen molar-refractivity contribution in [3.63, 3.8) is 0 Å². The van der Waals surface area contributed by atoms with Crippen molar-refractivity contribution in [1.29, 1.82) is 0 Å². The maximum atomic E-state index is 13.0. The second-order valence-corrected chi connectivity index (χ2v) is 5.84. The van der Waals surface area contributed by atoms with E-state index < -0.39 is 22.9 Å². The third-order valence-corrected chi connectivity index (χ3v) is 4.01. The van der Waals surface area contributed by atoms with Gasteiger partial charge in [0.05, 0.1) is 19.2 Å². The summed E-state index contributed by atoms with van der Waals surface area (Å²) in [5, 5.41) is 10.3. The number of aromatic hydroxyl groups is 1. The molecule has 1 saturated heterocycles. The van der Waals surface area contributed by atoms with E-state index in [1.165, 1.54) is 30.5 Å². The highest BCUT2D eigenvalue weighted by Gasteiger charge is 2.16. The van der Waals surface area contributed by atoms with Crippen LogP contribution >= 0.6 is 0 Å². The van der Waals surface area contributed by atoms with Crippen LogP contribution in [0.25, 0.3) is 0 Å². The Morgan fingerprint density at radius 3 is 2.80 bits per heavy atom. The minimum Gasteiger partial charge on any atom is -0.494 e. The van der Waals surface area contributed by atoms with Gasteiger partial charge in [-0.25, -0.2) is 9.18 Å². The van der Waals surface area contributed by atoms with Crippen molar-refractivity contribution in [2.24, 2.45) is 4.99 Å². The molecule has 8 heteroatoms. The summed E-state index contributed by atoms with van der Waals surface area (Å²) in [6.07, 6.45) is 3.15. The molecule has 1 aromatic heterocycles. The number of benzene rings is 1. The van der Waals surface area contributed by atoms with Crippen LogP contribution in [0.15, 0.2) is 38.8 Å². The predicted molar refractivity (Wildman–Crippen MR) is 89.9 cm³/mol. The third kappa shape index (κ3) is 4.03. The van der Waals surface area contributed by atoms with Gasteiger partial charge in [-0.3, -0.25) is 19.3 Å². The number of H-pyrrole nitrogens is 1. The lowest BCUT2D eigenvalue weighted by Gasteiger charge is -2.10. The number of halogens is 1. The molecular weight excluding hydrogens is 329 g/mol. The quantitative estimate of drug-likeness (QED) is 0.790. The highest BCUT2D eigenvalue weighted by molar-refractivity contribution is 5.81. The normalized spacial score (nSPS) is 17.4. The fraction of sp³-hybridized carbons (Fsp3) is 0.353. The molecule has 0 aliphatic carbocycles. The van der Waals surface area contributed by atoms with Gasteiger partial charge in [0.1, 0.15) is 11.4 Å². The summed E-state index contributed by atoms with van der Waals surface area (Å²) in [4.78, 5) is 30.2. The average molecular weight is 347 g/mol. The first kappa shape index (κ1) is 17.1. The van der Waals surface area contributed by atoms with Gasteiger partial charge in [0.15, 0.2) is 0 Å². The molecule has 3 rings (SSSR count). The minimum absolute atomic E-state index is 0.00565. The first-order valence-electron chi connectivity index (χ1n) is 7.96. The van der Waals surface area contributed by atoms with Gasteiger partial charge >= 0.3 is 5.69 Å². The van der Waals surface area contributed by atoms with Gasteiger partial charge < -0.3 is 9.84 Å². The van der Waals surface area contributed by atoms with Gasteiger partial charge in [-0.05, 0) is 30.5 Å². The molecule has 1 fully saturated rings. The molecular formula is C17H18FN3O4. The second kappa shape index (κ2) is 7.43. The van der Waals surface area contributed by atoms with E-state index >= 15 is 0 Å². The standard InChI is InChI=1S/C17H18FN3O4/c18-12-5-3-11(4-6-12)10-21-16(23)14(15(22)20-17(21)24)9-19-8-13-2-1-7-25-13/h3-6,9,13,23H,1-2,7-8,10H2,(H,20,22,24)/t13-/m0/s1. The van der Waals surface area contributed by atoms with E-state index in [4.69, 9.17) is 4.74 Å². The Hall–Kier alpha value is -2.74. The topological polar surface area (TPSA) is 96.7 Å². The molecule has 0 amide bonds. The number of rotatable bonds is 5. The minimum atomic E-state index is -0.747. The van der Waals surface area contributed by atoms with Crippen LogP contribution in [0.5, 0.6) is 5.88 Å². The fourth-order valence-corrected chi connectivity index (χ4v) is 2.66. The Morgan fingerprint density at radius 2 is 2.12 bits per heavy atom. The average Bonchev–Trinajstić information content (AvgIpc) is 3.09. The molecule has 132 valence electrons. The summed E-state index contributed by atoms with van der Waals surface area (Å²) in [5.41, 5.74) is -0.954. The van der Waals surface area contributed by atoms with Crippen LogP contribution in [0, 0.1) is 5.82 Å². The SMILES string of the molecule is O=c1[nH]c(=O)n(Cc2ccc(F)cc2)c(O)c1C=NC[C@@H]1CCCO1. The summed E-state index contributed by atoms with van der Waals surface area (Å²) in [6.45, 7) is 1.08. The van der Waals surface area contributed by atoms with Gasteiger partial charge in [0.2, 0.25) is 5.88 Å². The zero-order valence-electron chi connectivity index (χ0n) is 13.4. The number of nitrogens with zero attached hydrogens (tertiary/aromatic N) is 2. The summed E-state index contributed by atoms with van der Waals surface area (Å²) < 4.78 is 19.4. The van der Waals surface area contributed by atoms with E-state index in [0.29, 0.717) is 18.7 Å². The van der Waals surface area contributed by atoms with Gasteiger partial charge in [-0.1, -0.05) is 12.1 Å². The third-order valence-electron chi connectivity index (χ3n) is 4.01. The molecule has 0 saturated carbocycles. The van der Waals surface area contributed by atoms with Gasteiger partial charge in [0, 0.05) is 12.8 Å². The van der Waals surface area contributed by atoms with Crippen LogP contribution in [0.2, 0.25) is 0 Å². The van der Waals surface area contributed by atoms with Crippen molar-refractivity contribution < 1.29 is 14.2 Å². The van der Waals surface area contributed by atoms with E-state index in [-0.39, 0.29) is 18.2 Å². The van der Waals surface area contributed by atoms with Crippen LogP contribution in [-0.4, -0.2) is 40.1 Å². The molecule has 0 bridgehead atoms. The van der Waals surface area contributed by atoms with E-state index in [0.717, 1.165) is 17.4 Å². The number of aromatic amines is 1. The number of ether oxygens (including phenoxy) is 1. The lowest BCUT2D eigenvalue weighted by Crippen LogP contribution is -2.32. The van der Waals surface area contributed by atoms with Gasteiger partial charge in [0.25, 0.3) is 5.56 Å². The van der Waals surface area contributed by atoms with Gasteiger partial charge in [-0.2, -0.15) is 0 Å². The summed E-state index contributed by atoms with van der Waals surface area (Å²) >= 11 is 0. The molecule has 1 aromatic carbocycles. The van der Waals surface area contributed by atoms with E-state index in [1.54, 1.807) is 0 Å². The summed E-state index contributed by atoms with van der Waals surface area (Å²) in [7, 11) is 0. The number of aliphatic imine (C=N–C) groups is 1. The Morgan fingerprint density at radius 1 is 1.36 bits per heavy atom. The smallest absolute Gasteiger partial charge is 0.331 e. The molecule has 2 N–H and O–H groups in total. The zero-order chi connectivity index (χ0) is 17.8. The largest absolute Gasteiger partial charge is 0.494 e. The lowest BCUT2D eigenvalue weighted by molar-refractivity contribution is 0.118. The van der Waals surface area contributed by atoms with Crippen molar-refractivity contribution in [3.05, 3.63) is 62.0 Å². The van der Waals surface area contributed by atoms with Crippen LogP contribution in [-0.2, 0) is 11.3 Å². The van der Waals surface area contributed by atoms with Gasteiger partial charge in [-0.15, -0.1) is 0 Å². The maximum absolute atomic E-state index is 13.0. The monoisotopic (exact) mass is 347 g/mol. The molecule has 25 heavy (non-hydrogen) atoms. The van der Waals surface area contributed by atoms with E-state index in [2.05, 4.69) is 9.98 Å². The van der Waals surface area contributed by atoms with Crippen LogP contribution < -0.4 is 11.2 Å². The van der Waals surface area contributed by atoms with Crippen LogP contribution in [0.3, 0.4) is 0 Å². The number of hydrogen-bond donors (Lipinski definition) is 2. The number of nitrogens with one attached hydrogen (secondary N) is 1. The van der Waals surface area contributed by atoms with E-state index in [9.17, 15) is 19.1 Å². The molecule has 2 aromatic rings. The van der Waals surface area contributed by atoms with Crippen molar-refractivity contribution in [3.8, 4) is 5.88 Å². The Kier molecular flexibility index (Phi) is 5.08. The van der Waals surface area contributed by atoms with Crippen molar-refractivity contribution >= 4 is 6.21 Å². The zero-order valence-corrected chi connectivity index (χ0v) is 13.4. The fourth-order valence-electron chi connectivity index (χ4n) is 2.66.